The number of fused-ring (bicyclic) bond motifs is 1. The van der Waals surface area contributed by atoms with E-state index in [4.69, 9.17) is 9.47 Å². The summed E-state index contributed by atoms with van der Waals surface area (Å²) >= 11 is 0. The maximum Gasteiger partial charge on any atom is 0.161 e. The van der Waals surface area contributed by atoms with Gasteiger partial charge < -0.3 is 14.8 Å². The minimum atomic E-state index is 0.616. The lowest BCUT2D eigenvalue weighted by Gasteiger charge is -2.19. The van der Waals surface area contributed by atoms with Gasteiger partial charge in [0, 0.05) is 13.1 Å². The molecule has 0 unspecified atom stereocenters. The van der Waals surface area contributed by atoms with E-state index in [0.29, 0.717) is 13.2 Å². The van der Waals surface area contributed by atoms with Crippen molar-refractivity contribution in [2.45, 2.75) is 19.6 Å². The highest BCUT2D eigenvalue weighted by molar-refractivity contribution is 5.43. The summed E-state index contributed by atoms with van der Waals surface area (Å²) in [5.41, 5.74) is 3.65. The molecule has 1 aliphatic heterocycles. The molecule has 25 heavy (non-hydrogen) atoms. The normalized spacial score (nSPS) is 13.0. The Labute approximate surface area is 146 Å². The van der Waals surface area contributed by atoms with Crippen molar-refractivity contribution in [3.8, 4) is 11.5 Å². The van der Waals surface area contributed by atoms with Crippen molar-refractivity contribution in [1.29, 1.82) is 0 Å². The Hall–Kier alpha value is -2.86. The molecule has 0 atom stereocenters. The summed E-state index contributed by atoms with van der Waals surface area (Å²) in [4.78, 5) is 3.96. The third-order valence-corrected chi connectivity index (χ3v) is 4.10. The number of hydrogen-bond acceptors (Lipinski definition) is 5. The third-order valence-electron chi connectivity index (χ3n) is 4.10. The quantitative estimate of drug-likeness (QED) is 0.749. The molecule has 2 heterocycles. The number of ether oxygens (including phenoxy) is 2. The van der Waals surface area contributed by atoms with Crippen LogP contribution in [0, 0.1) is 0 Å². The summed E-state index contributed by atoms with van der Waals surface area (Å²) in [6, 6.07) is 14.6. The molecule has 3 aromatic rings. The Balaban J connectivity index is 1.29. The molecule has 0 fully saturated rings. The van der Waals surface area contributed by atoms with Gasteiger partial charge in [0.15, 0.2) is 11.5 Å². The molecule has 0 bridgehead atoms. The van der Waals surface area contributed by atoms with Gasteiger partial charge >= 0.3 is 0 Å². The summed E-state index contributed by atoms with van der Waals surface area (Å²) in [5, 5.41) is 7.59. The van der Waals surface area contributed by atoms with Gasteiger partial charge in [-0.15, -0.1) is 0 Å². The maximum atomic E-state index is 5.62. The Morgan fingerprint density at radius 2 is 1.60 bits per heavy atom. The van der Waals surface area contributed by atoms with Crippen LogP contribution < -0.4 is 14.8 Å². The van der Waals surface area contributed by atoms with Gasteiger partial charge in [0.25, 0.3) is 0 Å². The first kappa shape index (κ1) is 15.7. The smallest absolute Gasteiger partial charge is 0.161 e. The van der Waals surface area contributed by atoms with E-state index in [0.717, 1.165) is 31.1 Å². The molecular weight excluding hydrogens is 316 g/mol. The highest BCUT2D eigenvalue weighted by Crippen LogP contribution is 2.30. The van der Waals surface area contributed by atoms with Crippen LogP contribution in [0.1, 0.15) is 16.7 Å². The van der Waals surface area contributed by atoms with E-state index in [9.17, 15) is 0 Å². The van der Waals surface area contributed by atoms with Crippen LogP contribution in [0.5, 0.6) is 11.5 Å². The van der Waals surface area contributed by atoms with Crippen LogP contribution >= 0.6 is 0 Å². The Bertz CT molecular complexity index is 816. The van der Waals surface area contributed by atoms with E-state index < -0.39 is 0 Å². The van der Waals surface area contributed by atoms with Gasteiger partial charge in [0.2, 0.25) is 0 Å². The van der Waals surface area contributed by atoms with Crippen molar-refractivity contribution in [2.24, 2.45) is 0 Å². The zero-order chi connectivity index (χ0) is 16.9. The number of nitrogens with zero attached hydrogens (tertiary/aromatic N) is 3. The van der Waals surface area contributed by atoms with Crippen LogP contribution in [-0.2, 0) is 19.6 Å². The van der Waals surface area contributed by atoms with Gasteiger partial charge in [-0.1, -0.05) is 30.3 Å². The standard InChI is InChI=1S/C19H20N4O2/c1-3-16(12-23-14-21-13-22-23)4-2-15(1)10-20-11-17-5-6-18-19(9-17)25-8-7-24-18/h1-6,9,13-14,20H,7-8,10-12H2. The lowest BCUT2D eigenvalue weighted by Crippen LogP contribution is -2.16. The van der Waals surface area contributed by atoms with Crippen molar-refractivity contribution in [2.75, 3.05) is 13.2 Å². The van der Waals surface area contributed by atoms with Gasteiger partial charge in [-0.25, -0.2) is 9.67 Å². The molecule has 6 heteroatoms. The molecule has 0 saturated carbocycles. The first-order chi connectivity index (χ1) is 12.4. The summed E-state index contributed by atoms with van der Waals surface area (Å²) in [6.45, 7) is 3.59. The van der Waals surface area contributed by atoms with Crippen molar-refractivity contribution < 1.29 is 9.47 Å². The van der Waals surface area contributed by atoms with E-state index >= 15 is 0 Å². The molecule has 4 rings (SSSR count). The second-order valence-electron chi connectivity index (χ2n) is 5.99. The predicted octanol–water partition coefficient (Wildman–Crippen LogP) is 2.39. The second kappa shape index (κ2) is 7.36. The topological polar surface area (TPSA) is 61.2 Å². The Morgan fingerprint density at radius 3 is 2.40 bits per heavy atom. The summed E-state index contributed by atoms with van der Waals surface area (Å²) in [7, 11) is 0. The number of benzene rings is 2. The van der Waals surface area contributed by atoms with Crippen LogP contribution in [0.2, 0.25) is 0 Å². The van der Waals surface area contributed by atoms with Gasteiger partial charge in [-0.2, -0.15) is 5.10 Å². The molecule has 0 aliphatic carbocycles. The molecule has 0 radical (unpaired) electrons. The molecule has 1 aromatic heterocycles. The van der Waals surface area contributed by atoms with E-state index in [1.807, 2.05) is 16.8 Å². The van der Waals surface area contributed by atoms with Crippen LogP contribution in [0.25, 0.3) is 0 Å². The van der Waals surface area contributed by atoms with Crippen LogP contribution in [0.4, 0.5) is 0 Å². The third kappa shape index (κ3) is 3.97. The van der Waals surface area contributed by atoms with Crippen molar-refractivity contribution in [1.82, 2.24) is 20.1 Å². The number of nitrogens with one attached hydrogen (secondary N) is 1. The predicted molar refractivity (Wildman–Crippen MR) is 93.5 cm³/mol. The van der Waals surface area contributed by atoms with Crippen LogP contribution in [0.3, 0.4) is 0 Å². The van der Waals surface area contributed by atoms with Gasteiger partial charge in [-0.3, -0.25) is 0 Å². The SMILES string of the molecule is c1ncn(Cc2ccc(CNCc3ccc4c(c3)OCCO4)cc2)n1. The average molecular weight is 336 g/mol. The molecular formula is C19H20N4O2. The van der Waals surface area contributed by atoms with E-state index in [1.54, 1.807) is 12.7 Å². The van der Waals surface area contributed by atoms with Crippen LogP contribution in [0.15, 0.2) is 55.1 Å². The molecule has 1 N–H and O–H groups in total. The first-order valence-corrected chi connectivity index (χ1v) is 8.36. The molecule has 0 amide bonds. The summed E-state index contributed by atoms with van der Waals surface area (Å²) in [6.07, 6.45) is 3.28. The zero-order valence-corrected chi connectivity index (χ0v) is 13.9. The zero-order valence-electron chi connectivity index (χ0n) is 13.9. The number of rotatable bonds is 6. The molecule has 1 aliphatic rings. The molecule has 0 saturated heterocycles. The minimum Gasteiger partial charge on any atom is -0.486 e. The second-order valence-corrected chi connectivity index (χ2v) is 5.99. The van der Waals surface area contributed by atoms with E-state index in [2.05, 4.69) is 45.7 Å². The summed E-state index contributed by atoms with van der Waals surface area (Å²) < 4.78 is 13.0. The van der Waals surface area contributed by atoms with Crippen molar-refractivity contribution in [3.05, 3.63) is 71.8 Å². The van der Waals surface area contributed by atoms with E-state index in [-0.39, 0.29) is 0 Å². The number of hydrogen-bond donors (Lipinski definition) is 1. The lowest BCUT2D eigenvalue weighted by molar-refractivity contribution is 0.171. The minimum absolute atomic E-state index is 0.616. The van der Waals surface area contributed by atoms with Gasteiger partial charge in [-0.05, 0) is 28.8 Å². The molecule has 6 nitrogen and oxygen atoms in total. The Morgan fingerprint density at radius 1 is 0.880 bits per heavy atom. The van der Waals surface area contributed by atoms with Crippen molar-refractivity contribution >= 4 is 0 Å². The Kier molecular flexibility index (Phi) is 4.61. The fraction of sp³-hybridized carbons (Fsp3) is 0.263. The first-order valence-electron chi connectivity index (χ1n) is 8.36. The number of aromatic nitrogens is 3. The van der Waals surface area contributed by atoms with Crippen molar-refractivity contribution in [3.63, 3.8) is 0 Å². The summed E-state index contributed by atoms with van der Waals surface area (Å²) in [5.74, 6) is 1.67. The molecule has 0 spiro atoms. The largest absolute Gasteiger partial charge is 0.486 e. The van der Waals surface area contributed by atoms with Gasteiger partial charge in [0.1, 0.15) is 25.9 Å². The fourth-order valence-electron chi connectivity index (χ4n) is 2.81. The highest BCUT2D eigenvalue weighted by Gasteiger charge is 2.11. The lowest BCUT2D eigenvalue weighted by atomic mass is 10.1. The average Bonchev–Trinajstić information content (AvgIpc) is 3.16. The monoisotopic (exact) mass is 336 g/mol. The molecule has 2 aromatic carbocycles. The molecule has 128 valence electrons. The van der Waals surface area contributed by atoms with E-state index in [1.165, 1.54) is 16.7 Å². The highest BCUT2D eigenvalue weighted by atomic mass is 16.6. The van der Waals surface area contributed by atoms with Gasteiger partial charge in [0.05, 0.1) is 6.54 Å². The maximum absolute atomic E-state index is 5.62. The van der Waals surface area contributed by atoms with Crippen LogP contribution in [-0.4, -0.2) is 28.0 Å². The fourth-order valence-corrected chi connectivity index (χ4v) is 2.81.